The van der Waals surface area contributed by atoms with Crippen LogP contribution in [0.5, 0.6) is 28.7 Å². The highest BCUT2D eigenvalue weighted by Crippen LogP contribution is 2.36. The third-order valence-corrected chi connectivity index (χ3v) is 5.16. The van der Waals surface area contributed by atoms with E-state index in [0.717, 1.165) is 22.6 Å². The monoisotopic (exact) mass is 436 g/mol. The standard InChI is InChI=1S/C26H28O6/c1-4-19(26(27)28)14-23-24(29-2)15-22(16-25(23)30-3)31-17-18-9-8-12-21(13-18)32-20-10-6-5-7-11-20/h5-13,15-16,19H,4,14,17H2,1-3H3,(H,27,28). The molecule has 0 fully saturated rings. The molecule has 0 heterocycles. The van der Waals surface area contributed by atoms with E-state index in [9.17, 15) is 9.90 Å². The number of carboxylic acid groups (broad SMARTS) is 1. The van der Waals surface area contributed by atoms with Crippen molar-refractivity contribution >= 4 is 5.97 Å². The van der Waals surface area contributed by atoms with Gasteiger partial charge < -0.3 is 24.1 Å². The molecule has 0 bridgehead atoms. The quantitative estimate of drug-likeness (QED) is 0.414. The molecule has 1 N–H and O–H groups in total. The molecule has 1 atom stereocenters. The van der Waals surface area contributed by atoms with Gasteiger partial charge in [-0.3, -0.25) is 4.79 Å². The first kappa shape index (κ1) is 23.0. The van der Waals surface area contributed by atoms with Crippen LogP contribution >= 0.6 is 0 Å². The lowest BCUT2D eigenvalue weighted by molar-refractivity contribution is -0.141. The molecule has 3 rings (SSSR count). The van der Waals surface area contributed by atoms with Crippen molar-refractivity contribution in [3.63, 3.8) is 0 Å². The maximum absolute atomic E-state index is 11.5. The summed E-state index contributed by atoms with van der Waals surface area (Å²) >= 11 is 0. The first-order valence-corrected chi connectivity index (χ1v) is 10.5. The molecule has 6 nitrogen and oxygen atoms in total. The van der Waals surface area contributed by atoms with Crippen LogP contribution in [0.2, 0.25) is 0 Å². The zero-order valence-corrected chi connectivity index (χ0v) is 18.5. The maximum atomic E-state index is 11.5. The summed E-state index contributed by atoms with van der Waals surface area (Å²) in [7, 11) is 3.10. The van der Waals surface area contributed by atoms with Crippen molar-refractivity contribution in [1.82, 2.24) is 0 Å². The van der Waals surface area contributed by atoms with Gasteiger partial charge in [-0.2, -0.15) is 0 Å². The van der Waals surface area contributed by atoms with E-state index in [1.165, 1.54) is 0 Å². The lowest BCUT2D eigenvalue weighted by Gasteiger charge is -2.18. The lowest BCUT2D eigenvalue weighted by atomic mass is 9.95. The first-order chi connectivity index (χ1) is 15.5. The average molecular weight is 437 g/mol. The van der Waals surface area contributed by atoms with E-state index >= 15 is 0 Å². The van der Waals surface area contributed by atoms with Crippen molar-refractivity contribution in [1.29, 1.82) is 0 Å². The number of para-hydroxylation sites is 1. The van der Waals surface area contributed by atoms with Gasteiger partial charge in [0, 0.05) is 17.7 Å². The molecule has 0 spiro atoms. The smallest absolute Gasteiger partial charge is 0.306 e. The summed E-state index contributed by atoms with van der Waals surface area (Å²) in [4.78, 5) is 11.5. The van der Waals surface area contributed by atoms with Crippen LogP contribution in [0, 0.1) is 5.92 Å². The Morgan fingerprint density at radius 3 is 2.12 bits per heavy atom. The second kappa shape index (κ2) is 11.1. The SMILES string of the molecule is CCC(Cc1c(OC)cc(OCc2cccc(Oc3ccccc3)c2)cc1OC)C(=O)O. The number of aliphatic carboxylic acids is 1. The molecule has 32 heavy (non-hydrogen) atoms. The predicted molar refractivity (Wildman–Crippen MR) is 122 cm³/mol. The van der Waals surface area contributed by atoms with Gasteiger partial charge in [0.15, 0.2) is 0 Å². The van der Waals surface area contributed by atoms with E-state index in [-0.39, 0.29) is 0 Å². The number of benzene rings is 3. The van der Waals surface area contributed by atoms with Crippen molar-refractivity contribution in [2.24, 2.45) is 5.92 Å². The van der Waals surface area contributed by atoms with Crippen molar-refractivity contribution < 1.29 is 28.8 Å². The summed E-state index contributed by atoms with van der Waals surface area (Å²) in [5.74, 6) is 1.79. The Bertz CT molecular complexity index is 1010. The molecular weight excluding hydrogens is 408 g/mol. The maximum Gasteiger partial charge on any atom is 0.306 e. The Kier molecular flexibility index (Phi) is 7.97. The average Bonchev–Trinajstić information content (AvgIpc) is 2.81. The minimum absolute atomic E-state index is 0.317. The number of rotatable bonds is 11. The van der Waals surface area contributed by atoms with Crippen LogP contribution in [-0.2, 0) is 17.8 Å². The zero-order chi connectivity index (χ0) is 22.9. The summed E-state index contributed by atoms with van der Waals surface area (Å²) in [6.45, 7) is 2.18. The van der Waals surface area contributed by atoms with Gasteiger partial charge in [0.05, 0.1) is 20.1 Å². The van der Waals surface area contributed by atoms with Gasteiger partial charge in [0.25, 0.3) is 0 Å². The van der Waals surface area contributed by atoms with Crippen LogP contribution < -0.4 is 18.9 Å². The third kappa shape index (κ3) is 5.94. The van der Waals surface area contributed by atoms with E-state index in [2.05, 4.69) is 0 Å². The highest BCUT2D eigenvalue weighted by molar-refractivity contribution is 5.71. The number of ether oxygens (including phenoxy) is 4. The molecule has 0 aliphatic heterocycles. The number of carboxylic acids is 1. The molecule has 0 aliphatic rings. The number of methoxy groups -OCH3 is 2. The normalized spacial score (nSPS) is 11.5. The largest absolute Gasteiger partial charge is 0.496 e. The first-order valence-electron chi connectivity index (χ1n) is 10.5. The summed E-state index contributed by atoms with van der Waals surface area (Å²) in [5, 5.41) is 9.43. The molecular formula is C26H28O6. The molecule has 0 saturated heterocycles. The fourth-order valence-corrected chi connectivity index (χ4v) is 3.39. The Hall–Kier alpha value is -3.67. The lowest BCUT2D eigenvalue weighted by Crippen LogP contribution is -2.16. The van der Waals surface area contributed by atoms with Gasteiger partial charge in [-0.1, -0.05) is 37.3 Å². The van der Waals surface area contributed by atoms with Crippen LogP contribution in [0.1, 0.15) is 24.5 Å². The van der Waals surface area contributed by atoms with Gasteiger partial charge in [-0.15, -0.1) is 0 Å². The molecule has 0 radical (unpaired) electrons. The predicted octanol–water partition coefficient (Wildman–Crippen LogP) is 5.73. The molecule has 0 amide bonds. The van der Waals surface area contributed by atoms with Gasteiger partial charge >= 0.3 is 5.97 Å². The third-order valence-electron chi connectivity index (χ3n) is 5.16. The Morgan fingerprint density at radius 2 is 1.53 bits per heavy atom. The Balaban J connectivity index is 1.75. The van der Waals surface area contributed by atoms with E-state index < -0.39 is 11.9 Å². The Labute approximate surface area is 188 Å². The van der Waals surface area contributed by atoms with E-state index in [0.29, 0.717) is 36.7 Å². The molecule has 3 aromatic rings. The highest BCUT2D eigenvalue weighted by Gasteiger charge is 2.22. The van der Waals surface area contributed by atoms with Crippen molar-refractivity contribution in [3.8, 4) is 28.7 Å². The van der Waals surface area contributed by atoms with E-state index in [1.54, 1.807) is 26.4 Å². The Morgan fingerprint density at radius 1 is 0.875 bits per heavy atom. The topological polar surface area (TPSA) is 74.2 Å². The summed E-state index contributed by atoms with van der Waals surface area (Å²) in [6, 6.07) is 20.8. The van der Waals surface area contributed by atoms with E-state index in [1.807, 2.05) is 61.5 Å². The minimum atomic E-state index is -0.838. The fourth-order valence-electron chi connectivity index (χ4n) is 3.39. The molecule has 0 aromatic heterocycles. The van der Waals surface area contributed by atoms with Crippen molar-refractivity contribution in [2.75, 3.05) is 14.2 Å². The molecule has 0 saturated carbocycles. The minimum Gasteiger partial charge on any atom is -0.496 e. The second-order valence-corrected chi connectivity index (χ2v) is 7.31. The summed E-state index contributed by atoms with van der Waals surface area (Å²) < 4.78 is 22.9. The zero-order valence-electron chi connectivity index (χ0n) is 18.5. The van der Waals surface area contributed by atoms with Gasteiger partial charge in [0.2, 0.25) is 0 Å². The van der Waals surface area contributed by atoms with Crippen LogP contribution in [0.3, 0.4) is 0 Å². The molecule has 0 aliphatic carbocycles. The van der Waals surface area contributed by atoms with Crippen LogP contribution in [0.25, 0.3) is 0 Å². The number of hydrogen-bond acceptors (Lipinski definition) is 5. The van der Waals surface area contributed by atoms with Crippen LogP contribution in [0.4, 0.5) is 0 Å². The van der Waals surface area contributed by atoms with Gasteiger partial charge in [0.1, 0.15) is 35.4 Å². The van der Waals surface area contributed by atoms with Crippen LogP contribution in [-0.4, -0.2) is 25.3 Å². The molecule has 1 unspecified atom stereocenters. The summed E-state index contributed by atoms with van der Waals surface area (Å²) in [5.41, 5.74) is 1.66. The second-order valence-electron chi connectivity index (χ2n) is 7.31. The van der Waals surface area contributed by atoms with E-state index in [4.69, 9.17) is 18.9 Å². The van der Waals surface area contributed by atoms with Crippen LogP contribution in [0.15, 0.2) is 66.7 Å². The number of hydrogen-bond donors (Lipinski definition) is 1. The number of carbonyl (C=O) groups is 1. The fraction of sp³-hybridized carbons (Fsp3) is 0.269. The van der Waals surface area contributed by atoms with Gasteiger partial charge in [-0.05, 0) is 42.7 Å². The molecule has 6 heteroatoms. The van der Waals surface area contributed by atoms with Crippen molar-refractivity contribution in [3.05, 3.63) is 77.9 Å². The molecule has 3 aromatic carbocycles. The molecule has 168 valence electrons. The van der Waals surface area contributed by atoms with Gasteiger partial charge in [-0.25, -0.2) is 0 Å². The van der Waals surface area contributed by atoms with Crippen molar-refractivity contribution in [2.45, 2.75) is 26.4 Å². The summed E-state index contributed by atoms with van der Waals surface area (Å²) in [6.07, 6.45) is 0.832. The highest BCUT2D eigenvalue weighted by atomic mass is 16.5.